The van der Waals surface area contributed by atoms with Crippen molar-refractivity contribution >= 4 is 17.8 Å². The number of benzene rings is 1. The number of carboxylic acids is 2. The molecule has 0 saturated heterocycles. The molecule has 0 radical (unpaired) electrons. The second kappa shape index (κ2) is 7.56. The van der Waals surface area contributed by atoms with E-state index < -0.39 is 34.4 Å². The van der Waals surface area contributed by atoms with Gasteiger partial charge in [-0.05, 0) is 36.6 Å². The van der Waals surface area contributed by atoms with E-state index in [0.717, 1.165) is 0 Å². The summed E-state index contributed by atoms with van der Waals surface area (Å²) in [6.45, 7) is 5.89. The van der Waals surface area contributed by atoms with E-state index in [1.807, 2.05) is 6.92 Å². The lowest BCUT2D eigenvalue weighted by atomic mass is 9.93. The standard InChI is InChI=1S/C18H18N2O6/c1-3-5-9-8-10(6-7-11(9)26-4-2)12-13(17(22)23)15(19)20-16(21)14(12)18(24)25/h3,6-8H,1,4-5H2,2H3,(H,22,23)(H,24,25)(H3,19,20,21). The molecule has 8 nitrogen and oxygen atoms in total. The topological polar surface area (TPSA) is 143 Å². The van der Waals surface area contributed by atoms with Crippen LogP contribution in [0.1, 0.15) is 33.2 Å². The first-order valence-corrected chi connectivity index (χ1v) is 7.71. The lowest BCUT2D eigenvalue weighted by molar-refractivity contribution is 0.0695. The number of anilines is 1. The van der Waals surface area contributed by atoms with Gasteiger partial charge in [0.15, 0.2) is 0 Å². The molecule has 0 unspecified atom stereocenters. The summed E-state index contributed by atoms with van der Waals surface area (Å²) >= 11 is 0. The molecular weight excluding hydrogens is 340 g/mol. The number of aromatic nitrogens is 1. The summed E-state index contributed by atoms with van der Waals surface area (Å²) in [5.41, 5.74) is 4.15. The minimum Gasteiger partial charge on any atom is -0.494 e. The van der Waals surface area contributed by atoms with Gasteiger partial charge in [-0.1, -0.05) is 12.1 Å². The molecule has 0 aliphatic heterocycles. The number of pyridine rings is 1. The quantitative estimate of drug-likeness (QED) is 0.555. The summed E-state index contributed by atoms with van der Waals surface area (Å²) in [5, 5.41) is 18.9. The van der Waals surface area contributed by atoms with Gasteiger partial charge in [0.1, 0.15) is 22.7 Å². The first kappa shape index (κ1) is 18.8. The van der Waals surface area contributed by atoms with Crippen molar-refractivity contribution in [1.29, 1.82) is 0 Å². The van der Waals surface area contributed by atoms with Gasteiger partial charge in [0.2, 0.25) is 0 Å². The van der Waals surface area contributed by atoms with Crippen LogP contribution in [-0.4, -0.2) is 33.7 Å². The zero-order chi connectivity index (χ0) is 19.4. The number of nitrogen functional groups attached to an aromatic ring is 1. The maximum Gasteiger partial charge on any atom is 0.342 e. The third-order valence-corrected chi connectivity index (χ3v) is 3.69. The van der Waals surface area contributed by atoms with E-state index in [1.165, 1.54) is 6.07 Å². The second-order valence-corrected chi connectivity index (χ2v) is 5.35. The van der Waals surface area contributed by atoms with Gasteiger partial charge in [0.25, 0.3) is 5.56 Å². The molecule has 0 fully saturated rings. The van der Waals surface area contributed by atoms with Gasteiger partial charge in [-0.25, -0.2) is 9.59 Å². The minimum atomic E-state index is -1.55. The molecule has 1 heterocycles. The van der Waals surface area contributed by atoms with Gasteiger partial charge in [0, 0.05) is 5.56 Å². The monoisotopic (exact) mass is 358 g/mol. The zero-order valence-electron chi connectivity index (χ0n) is 14.0. The number of nitrogens with two attached hydrogens (primary N) is 1. The Morgan fingerprint density at radius 3 is 2.46 bits per heavy atom. The Morgan fingerprint density at radius 2 is 1.92 bits per heavy atom. The summed E-state index contributed by atoms with van der Waals surface area (Å²) in [5.74, 6) is -2.86. The molecule has 0 amide bonds. The van der Waals surface area contributed by atoms with Crippen molar-refractivity contribution in [1.82, 2.24) is 4.98 Å². The molecule has 2 rings (SSSR count). The number of H-pyrrole nitrogens is 1. The van der Waals surface area contributed by atoms with Crippen LogP contribution in [0.25, 0.3) is 11.1 Å². The fourth-order valence-corrected chi connectivity index (χ4v) is 2.68. The highest BCUT2D eigenvalue weighted by molar-refractivity contribution is 6.07. The van der Waals surface area contributed by atoms with Gasteiger partial charge in [0.05, 0.1) is 6.61 Å². The second-order valence-electron chi connectivity index (χ2n) is 5.35. The molecule has 1 aromatic heterocycles. The molecule has 0 aliphatic rings. The van der Waals surface area contributed by atoms with Crippen LogP contribution in [0.3, 0.4) is 0 Å². The van der Waals surface area contributed by atoms with Gasteiger partial charge in [-0.15, -0.1) is 6.58 Å². The molecule has 8 heteroatoms. The van der Waals surface area contributed by atoms with Crippen LogP contribution in [0.15, 0.2) is 35.6 Å². The lowest BCUT2D eigenvalue weighted by Crippen LogP contribution is -2.24. The molecule has 1 aromatic carbocycles. The van der Waals surface area contributed by atoms with Crippen molar-refractivity contribution in [3.8, 4) is 16.9 Å². The number of carboxylic acid groups (broad SMARTS) is 2. The van der Waals surface area contributed by atoms with Gasteiger partial charge in [-0.3, -0.25) is 4.79 Å². The van der Waals surface area contributed by atoms with Crippen LogP contribution < -0.4 is 16.0 Å². The predicted octanol–water partition coefficient (Wildman–Crippen LogP) is 2.15. The SMILES string of the molecule is C=CCc1cc(-c2c(C(=O)O)c(N)[nH]c(=O)c2C(=O)O)ccc1OCC. The predicted molar refractivity (Wildman–Crippen MR) is 95.9 cm³/mol. The maximum absolute atomic E-state index is 12.1. The van der Waals surface area contributed by atoms with E-state index in [4.69, 9.17) is 10.5 Å². The highest BCUT2D eigenvalue weighted by atomic mass is 16.5. The number of aromatic amines is 1. The Hall–Kier alpha value is -3.55. The fraction of sp³-hybridized carbons (Fsp3) is 0.167. The van der Waals surface area contributed by atoms with E-state index in [9.17, 15) is 24.6 Å². The molecule has 0 saturated carbocycles. The molecular formula is C18H18N2O6. The number of rotatable bonds is 7. The zero-order valence-corrected chi connectivity index (χ0v) is 14.0. The Labute approximate surface area is 148 Å². The van der Waals surface area contributed by atoms with Gasteiger partial charge >= 0.3 is 11.9 Å². The Morgan fingerprint density at radius 1 is 1.27 bits per heavy atom. The maximum atomic E-state index is 12.1. The summed E-state index contributed by atoms with van der Waals surface area (Å²) in [6, 6.07) is 4.65. The number of nitrogens with one attached hydrogen (secondary N) is 1. The summed E-state index contributed by atoms with van der Waals surface area (Å²) in [6.07, 6.45) is 2.04. The van der Waals surface area contributed by atoms with Crippen LogP contribution >= 0.6 is 0 Å². The van der Waals surface area contributed by atoms with E-state index in [1.54, 1.807) is 18.2 Å². The number of hydrogen-bond donors (Lipinski definition) is 4. The highest BCUT2D eigenvalue weighted by Crippen LogP contribution is 2.32. The van der Waals surface area contributed by atoms with Gasteiger partial charge < -0.3 is 25.7 Å². The summed E-state index contributed by atoms with van der Waals surface area (Å²) in [4.78, 5) is 37.4. The molecule has 2 aromatic rings. The highest BCUT2D eigenvalue weighted by Gasteiger charge is 2.26. The van der Waals surface area contributed by atoms with Crippen LogP contribution in [-0.2, 0) is 6.42 Å². The summed E-state index contributed by atoms with van der Waals surface area (Å²) < 4.78 is 5.51. The lowest BCUT2D eigenvalue weighted by Gasteiger charge is -2.15. The number of carbonyl (C=O) groups is 2. The Bertz CT molecular complexity index is 945. The summed E-state index contributed by atoms with van der Waals surface area (Å²) in [7, 11) is 0. The molecule has 0 atom stereocenters. The van der Waals surface area contributed by atoms with Crippen LogP contribution in [0.5, 0.6) is 5.75 Å². The largest absolute Gasteiger partial charge is 0.494 e. The van der Waals surface area contributed by atoms with E-state index in [2.05, 4.69) is 11.6 Å². The Balaban J connectivity index is 2.88. The van der Waals surface area contributed by atoms with E-state index >= 15 is 0 Å². The van der Waals surface area contributed by atoms with Crippen LogP contribution in [0.2, 0.25) is 0 Å². The third kappa shape index (κ3) is 3.44. The molecule has 0 spiro atoms. The number of hydrogen-bond acceptors (Lipinski definition) is 5. The molecule has 136 valence electrons. The number of aromatic carboxylic acids is 2. The fourth-order valence-electron chi connectivity index (χ4n) is 2.68. The van der Waals surface area contributed by atoms with Crippen LogP contribution in [0.4, 0.5) is 5.82 Å². The number of allylic oxidation sites excluding steroid dienone is 1. The normalized spacial score (nSPS) is 10.3. The number of ether oxygens (including phenoxy) is 1. The van der Waals surface area contributed by atoms with Crippen molar-refractivity contribution in [3.05, 3.63) is 57.9 Å². The average Bonchev–Trinajstić information content (AvgIpc) is 2.55. The first-order valence-electron chi connectivity index (χ1n) is 7.71. The molecule has 0 bridgehead atoms. The van der Waals surface area contributed by atoms with Gasteiger partial charge in [-0.2, -0.15) is 0 Å². The first-order chi connectivity index (χ1) is 12.3. The molecule has 0 aliphatic carbocycles. The molecule has 5 N–H and O–H groups in total. The van der Waals surface area contributed by atoms with E-state index in [0.29, 0.717) is 24.3 Å². The smallest absolute Gasteiger partial charge is 0.342 e. The van der Waals surface area contributed by atoms with Crippen molar-refractivity contribution < 1.29 is 24.5 Å². The molecule has 26 heavy (non-hydrogen) atoms. The van der Waals surface area contributed by atoms with Crippen LogP contribution in [0, 0.1) is 0 Å². The van der Waals surface area contributed by atoms with Crippen molar-refractivity contribution in [2.75, 3.05) is 12.3 Å². The Kier molecular flexibility index (Phi) is 5.46. The van der Waals surface area contributed by atoms with Crippen molar-refractivity contribution in [3.63, 3.8) is 0 Å². The van der Waals surface area contributed by atoms with Crippen molar-refractivity contribution in [2.24, 2.45) is 0 Å². The third-order valence-electron chi connectivity index (χ3n) is 3.69. The van der Waals surface area contributed by atoms with E-state index in [-0.39, 0.29) is 11.1 Å². The minimum absolute atomic E-state index is 0.234. The average molecular weight is 358 g/mol. The van der Waals surface area contributed by atoms with Crippen molar-refractivity contribution in [2.45, 2.75) is 13.3 Å².